The number of anilines is 1. The molecule has 6 nitrogen and oxygen atoms in total. The number of fused-ring (bicyclic) bond motifs is 1. The molecule has 0 saturated heterocycles. The number of carbonyl (C=O) groups is 1. The Morgan fingerprint density at radius 2 is 2.25 bits per heavy atom. The number of pyridine rings is 1. The number of nitrogens with one attached hydrogen (secondary N) is 1. The molecule has 0 aliphatic rings. The maximum Gasteiger partial charge on any atom is 0.326 e. The first kappa shape index (κ1) is 14.3. The summed E-state index contributed by atoms with van der Waals surface area (Å²) >= 11 is 0. The first-order chi connectivity index (χ1) is 9.45. The van der Waals surface area contributed by atoms with Crippen LogP contribution in [0.4, 0.5) is 5.69 Å². The monoisotopic (exact) mass is 276 g/mol. The van der Waals surface area contributed by atoms with Gasteiger partial charge in [-0.25, -0.2) is 9.78 Å². The second kappa shape index (κ2) is 5.48. The number of carboxylic acid groups (broad SMARTS) is 1. The van der Waals surface area contributed by atoms with Gasteiger partial charge in [0.1, 0.15) is 6.04 Å². The van der Waals surface area contributed by atoms with E-state index in [0.717, 1.165) is 28.8 Å². The lowest BCUT2D eigenvalue weighted by Crippen LogP contribution is -2.35. The number of hydrogen-bond donors (Lipinski definition) is 2. The van der Waals surface area contributed by atoms with Gasteiger partial charge >= 0.3 is 5.97 Å². The zero-order valence-corrected chi connectivity index (χ0v) is 12.2. The molecule has 6 heteroatoms. The second-order valence-corrected chi connectivity index (χ2v) is 5.11. The van der Waals surface area contributed by atoms with Crippen molar-refractivity contribution in [2.45, 2.75) is 33.2 Å². The summed E-state index contributed by atoms with van der Waals surface area (Å²) in [4.78, 5) is 15.7. The molecule has 0 unspecified atom stereocenters. The molecule has 0 spiro atoms. The van der Waals surface area contributed by atoms with E-state index in [2.05, 4.69) is 15.4 Å². The standard InChI is InChI=1S/C14H20N4O2/c1-5-8(2)12(14(19)20)16-10-6-7-15-13-11(10)9(3)17-18(13)4/h6-8,12H,5H2,1-4H3,(H,15,16)(H,19,20)/t8-,12-/m0/s1. The summed E-state index contributed by atoms with van der Waals surface area (Å²) in [7, 11) is 1.83. The number of rotatable bonds is 5. The van der Waals surface area contributed by atoms with Crippen LogP contribution in [-0.4, -0.2) is 31.9 Å². The molecule has 20 heavy (non-hydrogen) atoms. The van der Waals surface area contributed by atoms with E-state index in [0.29, 0.717) is 0 Å². The molecule has 2 N–H and O–H groups in total. The van der Waals surface area contributed by atoms with Crippen molar-refractivity contribution in [1.82, 2.24) is 14.8 Å². The summed E-state index contributed by atoms with van der Waals surface area (Å²) in [6.45, 7) is 5.81. The molecule has 0 saturated carbocycles. The van der Waals surface area contributed by atoms with E-state index in [4.69, 9.17) is 0 Å². The van der Waals surface area contributed by atoms with Crippen LogP contribution < -0.4 is 5.32 Å². The molecule has 2 aromatic heterocycles. The van der Waals surface area contributed by atoms with E-state index in [1.807, 2.05) is 27.8 Å². The molecular formula is C14H20N4O2. The van der Waals surface area contributed by atoms with Gasteiger partial charge in [-0.1, -0.05) is 20.3 Å². The Morgan fingerprint density at radius 3 is 2.85 bits per heavy atom. The smallest absolute Gasteiger partial charge is 0.326 e. The average Bonchev–Trinajstić information content (AvgIpc) is 2.71. The summed E-state index contributed by atoms with van der Waals surface area (Å²) in [5.74, 6) is -0.807. The van der Waals surface area contributed by atoms with Gasteiger partial charge in [0.25, 0.3) is 0 Å². The van der Waals surface area contributed by atoms with Crippen molar-refractivity contribution in [3.63, 3.8) is 0 Å². The minimum atomic E-state index is -0.842. The number of hydrogen-bond acceptors (Lipinski definition) is 4. The van der Waals surface area contributed by atoms with Gasteiger partial charge in [0.05, 0.1) is 11.1 Å². The fraction of sp³-hybridized carbons (Fsp3) is 0.500. The topological polar surface area (TPSA) is 80.0 Å². The van der Waals surface area contributed by atoms with Crippen LogP contribution in [0.5, 0.6) is 0 Å². The quantitative estimate of drug-likeness (QED) is 0.875. The highest BCUT2D eigenvalue weighted by Crippen LogP contribution is 2.26. The second-order valence-electron chi connectivity index (χ2n) is 5.11. The Kier molecular flexibility index (Phi) is 3.92. The van der Waals surface area contributed by atoms with Gasteiger partial charge in [-0.05, 0) is 18.9 Å². The SMILES string of the molecule is CC[C@H](C)[C@H](Nc1ccnc2c1c(C)nn2C)C(=O)O. The highest BCUT2D eigenvalue weighted by Gasteiger charge is 2.24. The van der Waals surface area contributed by atoms with E-state index in [1.165, 1.54) is 0 Å². The fourth-order valence-electron chi connectivity index (χ4n) is 2.35. The molecule has 0 aromatic carbocycles. The zero-order chi connectivity index (χ0) is 14.9. The molecule has 0 bridgehead atoms. The van der Waals surface area contributed by atoms with Crippen molar-refractivity contribution in [1.29, 1.82) is 0 Å². The summed E-state index contributed by atoms with van der Waals surface area (Å²) in [5.41, 5.74) is 2.36. The fourth-order valence-corrected chi connectivity index (χ4v) is 2.35. The van der Waals surface area contributed by atoms with Crippen LogP contribution in [0, 0.1) is 12.8 Å². The van der Waals surface area contributed by atoms with Crippen molar-refractivity contribution in [2.24, 2.45) is 13.0 Å². The first-order valence-electron chi connectivity index (χ1n) is 6.73. The lowest BCUT2D eigenvalue weighted by molar-refractivity contribution is -0.139. The van der Waals surface area contributed by atoms with Gasteiger partial charge in [0.2, 0.25) is 0 Å². The van der Waals surface area contributed by atoms with Gasteiger partial charge in [0.15, 0.2) is 5.65 Å². The highest BCUT2D eigenvalue weighted by molar-refractivity contribution is 5.93. The molecule has 2 atom stereocenters. The molecular weight excluding hydrogens is 256 g/mol. The predicted octanol–water partition coefficient (Wildman–Crippen LogP) is 2.19. The van der Waals surface area contributed by atoms with E-state index < -0.39 is 12.0 Å². The highest BCUT2D eigenvalue weighted by atomic mass is 16.4. The lowest BCUT2D eigenvalue weighted by atomic mass is 9.99. The number of carboxylic acids is 1. The van der Waals surface area contributed by atoms with Gasteiger partial charge in [0, 0.05) is 18.9 Å². The van der Waals surface area contributed by atoms with E-state index in [1.54, 1.807) is 16.9 Å². The minimum Gasteiger partial charge on any atom is -0.480 e. The molecule has 0 radical (unpaired) electrons. The van der Waals surface area contributed by atoms with Crippen LogP contribution in [0.25, 0.3) is 11.0 Å². The average molecular weight is 276 g/mol. The van der Waals surface area contributed by atoms with Crippen molar-refractivity contribution >= 4 is 22.7 Å². The molecule has 108 valence electrons. The predicted molar refractivity (Wildman–Crippen MR) is 77.7 cm³/mol. The Labute approximate surface area is 117 Å². The number of aromatic nitrogens is 3. The maximum absolute atomic E-state index is 11.4. The normalized spacial score (nSPS) is 14.2. The van der Waals surface area contributed by atoms with E-state index in [9.17, 15) is 9.90 Å². The maximum atomic E-state index is 11.4. The van der Waals surface area contributed by atoms with Crippen molar-refractivity contribution < 1.29 is 9.90 Å². The van der Waals surface area contributed by atoms with Crippen LogP contribution in [-0.2, 0) is 11.8 Å². The third-order valence-electron chi connectivity index (χ3n) is 3.69. The van der Waals surface area contributed by atoms with Gasteiger partial charge in [-0.2, -0.15) is 5.10 Å². The van der Waals surface area contributed by atoms with Crippen LogP contribution in [0.3, 0.4) is 0 Å². The van der Waals surface area contributed by atoms with E-state index >= 15 is 0 Å². The minimum absolute atomic E-state index is 0.0349. The van der Waals surface area contributed by atoms with Crippen molar-refractivity contribution in [2.75, 3.05) is 5.32 Å². The molecule has 0 amide bonds. The number of nitrogens with zero attached hydrogens (tertiary/aromatic N) is 3. The summed E-state index contributed by atoms with van der Waals surface area (Å²) in [5, 5.41) is 17.7. The summed E-state index contributed by atoms with van der Waals surface area (Å²) < 4.78 is 1.70. The lowest BCUT2D eigenvalue weighted by Gasteiger charge is -2.21. The number of aryl methyl sites for hydroxylation is 2. The summed E-state index contributed by atoms with van der Waals surface area (Å²) in [6.07, 6.45) is 2.46. The van der Waals surface area contributed by atoms with Crippen LogP contribution in [0.15, 0.2) is 12.3 Å². The van der Waals surface area contributed by atoms with Crippen LogP contribution >= 0.6 is 0 Å². The molecule has 0 fully saturated rings. The van der Waals surface area contributed by atoms with Crippen molar-refractivity contribution in [3.05, 3.63) is 18.0 Å². The summed E-state index contributed by atoms with van der Waals surface area (Å²) in [6, 6.07) is 1.18. The third kappa shape index (κ3) is 2.45. The van der Waals surface area contributed by atoms with Crippen LogP contribution in [0.1, 0.15) is 26.0 Å². The van der Waals surface area contributed by atoms with Gasteiger partial charge < -0.3 is 10.4 Å². The third-order valence-corrected chi connectivity index (χ3v) is 3.69. The largest absolute Gasteiger partial charge is 0.480 e. The van der Waals surface area contributed by atoms with Gasteiger partial charge in [-0.3, -0.25) is 4.68 Å². The first-order valence-corrected chi connectivity index (χ1v) is 6.73. The zero-order valence-electron chi connectivity index (χ0n) is 12.2. The van der Waals surface area contributed by atoms with Crippen LogP contribution in [0.2, 0.25) is 0 Å². The molecule has 0 aliphatic heterocycles. The van der Waals surface area contributed by atoms with Crippen molar-refractivity contribution in [3.8, 4) is 0 Å². The Hall–Kier alpha value is -2.11. The Bertz CT molecular complexity index is 635. The Balaban J connectivity index is 2.45. The molecule has 2 heterocycles. The molecule has 0 aliphatic carbocycles. The molecule has 2 rings (SSSR count). The van der Waals surface area contributed by atoms with Gasteiger partial charge in [-0.15, -0.1) is 0 Å². The van der Waals surface area contributed by atoms with E-state index in [-0.39, 0.29) is 5.92 Å². The molecule has 2 aromatic rings. The number of aliphatic carboxylic acids is 1. The Morgan fingerprint density at radius 1 is 1.55 bits per heavy atom.